The summed E-state index contributed by atoms with van der Waals surface area (Å²) in [4.78, 5) is 21.1. The molecule has 3 aromatic carbocycles. The molecule has 4 nitrogen and oxygen atoms in total. The second-order valence-electron chi connectivity index (χ2n) is 10.3. The van der Waals surface area contributed by atoms with Gasteiger partial charge in [-0.05, 0) is 35.7 Å². The van der Waals surface area contributed by atoms with E-state index in [-0.39, 0.29) is 30.5 Å². The van der Waals surface area contributed by atoms with Gasteiger partial charge in [-0.2, -0.15) is 26.3 Å². The fraction of sp³-hybridized carbons (Fsp3) is 0.355. The minimum absolute atomic E-state index is 0.0787. The topological polar surface area (TPSA) is 27.9 Å². The zero-order valence-electron chi connectivity index (χ0n) is 22.3. The van der Waals surface area contributed by atoms with Crippen molar-refractivity contribution in [2.75, 3.05) is 26.7 Å². The Balaban J connectivity index is 1.54. The molecule has 3 aromatic rings. The molecule has 0 saturated carbocycles. The standard InChI is InChI=1S/C31H29F6N3O/c1-38-29(24-11-7-4-8-12-24)14-17-40(18-15-29)27(23-9-5-3-6-10-23)28(41)39(2)16-13-22-19-25(30(32,33)34)21-26(20-22)31(35,36)37/h3-12,19-21,27H,13-18H2,2H3. The zero-order chi connectivity index (χ0) is 29.8. The molecule has 0 aliphatic carbocycles. The molecule has 1 heterocycles. The van der Waals surface area contributed by atoms with Crippen molar-refractivity contribution in [2.45, 2.75) is 43.2 Å². The normalized spacial score (nSPS) is 16.5. The lowest BCUT2D eigenvalue weighted by Gasteiger charge is -2.39. The lowest BCUT2D eigenvalue weighted by Crippen LogP contribution is -2.48. The molecule has 10 heteroatoms. The Bertz CT molecular complexity index is 1340. The molecule has 0 N–H and O–H groups in total. The third-order valence-electron chi connectivity index (χ3n) is 7.62. The van der Waals surface area contributed by atoms with Crippen LogP contribution in [0.15, 0.2) is 78.9 Å². The monoisotopic (exact) mass is 573 g/mol. The maximum atomic E-state index is 13.8. The Kier molecular flexibility index (Phi) is 8.78. The number of halogens is 6. The summed E-state index contributed by atoms with van der Waals surface area (Å²) in [5.74, 6) is -0.325. The van der Waals surface area contributed by atoms with Crippen molar-refractivity contribution in [1.82, 2.24) is 9.80 Å². The van der Waals surface area contributed by atoms with Gasteiger partial charge in [0.2, 0.25) is 5.91 Å². The summed E-state index contributed by atoms with van der Waals surface area (Å²) >= 11 is 0. The minimum atomic E-state index is -4.94. The Hall–Kier alpha value is -3.84. The van der Waals surface area contributed by atoms with Crippen molar-refractivity contribution in [3.05, 3.63) is 118 Å². The first-order valence-electron chi connectivity index (χ1n) is 13.1. The van der Waals surface area contributed by atoms with E-state index in [2.05, 4.69) is 4.85 Å². The van der Waals surface area contributed by atoms with Gasteiger partial charge in [0, 0.05) is 45.1 Å². The van der Waals surface area contributed by atoms with Gasteiger partial charge in [-0.25, -0.2) is 6.57 Å². The predicted octanol–water partition coefficient (Wildman–Crippen LogP) is 7.38. The molecule has 1 amide bonds. The number of likely N-dealkylation sites (tertiary alicyclic amines) is 1. The van der Waals surface area contributed by atoms with Crippen molar-refractivity contribution in [2.24, 2.45) is 0 Å². The third kappa shape index (κ3) is 6.91. The van der Waals surface area contributed by atoms with Crippen LogP contribution in [0.2, 0.25) is 0 Å². The Labute approximate surface area is 235 Å². The lowest BCUT2D eigenvalue weighted by atomic mass is 9.81. The number of hydrogen-bond acceptors (Lipinski definition) is 2. The number of nitrogens with zero attached hydrogens (tertiary/aromatic N) is 3. The average molecular weight is 574 g/mol. The van der Waals surface area contributed by atoms with E-state index in [4.69, 9.17) is 6.57 Å². The van der Waals surface area contributed by atoms with Gasteiger partial charge in [0.25, 0.3) is 5.54 Å². The molecule has 41 heavy (non-hydrogen) atoms. The summed E-state index contributed by atoms with van der Waals surface area (Å²) in [5, 5.41) is 0. The van der Waals surface area contributed by atoms with Gasteiger partial charge in [0.1, 0.15) is 6.04 Å². The molecule has 1 aliphatic rings. The van der Waals surface area contributed by atoms with Crippen LogP contribution in [0.3, 0.4) is 0 Å². The highest BCUT2D eigenvalue weighted by atomic mass is 19.4. The summed E-state index contributed by atoms with van der Waals surface area (Å²) < 4.78 is 79.8. The Morgan fingerprint density at radius 2 is 1.41 bits per heavy atom. The molecule has 0 spiro atoms. The van der Waals surface area contributed by atoms with E-state index in [1.807, 2.05) is 53.4 Å². The maximum Gasteiger partial charge on any atom is 0.416 e. The number of carbonyl (C=O) groups is 1. The van der Waals surface area contributed by atoms with E-state index < -0.39 is 35.1 Å². The Morgan fingerprint density at radius 3 is 1.90 bits per heavy atom. The molecule has 1 atom stereocenters. The summed E-state index contributed by atoms with van der Waals surface area (Å²) in [5.41, 5.74) is -1.98. The van der Waals surface area contributed by atoms with Gasteiger partial charge in [-0.3, -0.25) is 9.69 Å². The van der Waals surface area contributed by atoms with Crippen LogP contribution in [-0.4, -0.2) is 42.4 Å². The number of hydrogen-bond donors (Lipinski definition) is 0. The highest BCUT2D eigenvalue weighted by molar-refractivity contribution is 5.83. The van der Waals surface area contributed by atoms with Crippen LogP contribution in [0, 0.1) is 6.57 Å². The van der Waals surface area contributed by atoms with Crippen LogP contribution in [0.25, 0.3) is 4.85 Å². The molecule has 1 fully saturated rings. The molecule has 0 aromatic heterocycles. The molecule has 1 saturated heterocycles. The van der Waals surface area contributed by atoms with Crippen molar-refractivity contribution >= 4 is 5.91 Å². The molecule has 0 radical (unpaired) electrons. The number of piperidine rings is 1. The quantitative estimate of drug-likeness (QED) is 0.218. The highest BCUT2D eigenvalue weighted by Gasteiger charge is 2.45. The van der Waals surface area contributed by atoms with Crippen molar-refractivity contribution in [1.29, 1.82) is 0 Å². The lowest BCUT2D eigenvalue weighted by molar-refractivity contribution is -0.143. The number of benzene rings is 3. The summed E-state index contributed by atoms with van der Waals surface area (Å²) in [6.07, 6.45) is -9.06. The van der Waals surface area contributed by atoms with Gasteiger partial charge >= 0.3 is 12.4 Å². The first-order valence-corrected chi connectivity index (χ1v) is 13.1. The van der Waals surface area contributed by atoms with Crippen molar-refractivity contribution < 1.29 is 31.1 Å². The number of alkyl halides is 6. The molecule has 216 valence electrons. The number of rotatable bonds is 7. The van der Waals surface area contributed by atoms with Gasteiger partial charge in [0.15, 0.2) is 0 Å². The van der Waals surface area contributed by atoms with Gasteiger partial charge in [0.05, 0.1) is 11.1 Å². The van der Waals surface area contributed by atoms with Gasteiger partial charge < -0.3 is 9.74 Å². The molecular formula is C31H29F6N3O. The fourth-order valence-corrected chi connectivity index (χ4v) is 5.29. The van der Waals surface area contributed by atoms with Gasteiger partial charge in [-0.1, -0.05) is 60.7 Å². The summed E-state index contributed by atoms with van der Waals surface area (Å²) in [6.45, 7) is 8.74. The third-order valence-corrected chi connectivity index (χ3v) is 7.62. The Morgan fingerprint density at radius 1 is 0.902 bits per heavy atom. The highest BCUT2D eigenvalue weighted by Crippen LogP contribution is 2.40. The van der Waals surface area contributed by atoms with Crippen LogP contribution in [0.5, 0.6) is 0 Å². The maximum absolute atomic E-state index is 13.8. The molecule has 1 aliphatic heterocycles. The SMILES string of the molecule is [C-]#[N+]C1(c2ccccc2)CCN(C(C(=O)N(C)CCc2cc(C(F)(F)F)cc(C(F)(F)F)c2)c2ccccc2)CC1. The van der Waals surface area contributed by atoms with Crippen LogP contribution in [0.1, 0.15) is 46.7 Å². The first kappa shape index (κ1) is 30.1. The first-order chi connectivity index (χ1) is 19.3. The van der Waals surface area contributed by atoms with Gasteiger partial charge in [-0.15, -0.1) is 0 Å². The number of carbonyl (C=O) groups excluding carboxylic acids is 1. The molecule has 0 bridgehead atoms. The van der Waals surface area contributed by atoms with E-state index in [9.17, 15) is 31.1 Å². The number of amides is 1. The largest absolute Gasteiger partial charge is 0.416 e. The molecule has 1 unspecified atom stereocenters. The minimum Gasteiger partial charge on any atom is -0.344 e. The van der Waals surface area contributed by atoms with E-state index >= 15 is 0 Å². The number of likely N-dealkylation sites (N-methyl/N-ethyl adjacent to an activating group) is 1. The second kappa shape index (κ2) is 12.0. The van der Waals surface area contributed by atoms with E-state index in [0.717, 1.165) is 11.1 Å². The van der Waals surface area contributed by atoms with Crippen molar-refractivity contribution in [3.63, 3.8) is 0 Å². The summed E-state index contributed by atoms with van der Waals surface area (Å²) in [7, 11) is 1.49. The molecular weight excluding hydrogens is 544 g/mol. The zero-order valence-corrected chi connectivity index (χ0v) is 22.3. The van der Waals surface area contributed by atoms with E-state index in [1.165, 1.54) is 11.9 Å². The van der Waals surface area contributed by atoms with Crippen molar-refractivity contribution in [3.8, 4) is 0 Å². The van der Waals surface area contributed by atoms with E-state index in [1.54, 1.807) is 12.1 Å². The molecule has 4 rings (SSSR count). The van der Waals surface area contributed by atoms with Crippen LogP contribution < -0.4 is 0 Å². The van der Waals surface area contributed by atoms with Crippen LogP contribution in [-0.2, 0) is 29.1 Å². The van der Waals surface area contributed by atoms with Crippen LogP contribution >= 0.6 is 0 Å². The average Bonchev–Trinajstić information content (AvgIpc) is 2.96. The summed E-state index contributed by atoms with van der Waals surface area (Å²) in [6, 6.07) is 19.3. The predicted molar refractivity (Wildman–Crippen MR) is 142 cm³/mol. The smallest absolute Gasteiger partial charge is 0.344 e. The fourth-order valence-electron chi connectivity index (χ4n) is 5.29. The second-order valence-corrected chi connectivity index (χ2v) is 10.3. The van der Waals surface area contributed by atoms with Crippen LogP contribution in [0.4, 0.5) is 26.3 Å². The van der Waals surface area contributed by atoms with E-state index in [0.29, 0.717) is 38.1 Å².